The first-order valence-electron chi connectivity index (χ1n) is 20.8. The highest BCUT2D eigenvalue weighted by Crippen LogP contribution is 2.35. The van der Waals surface area contributed by atoms with Crippen molar-refractivity contribution in [2.45, 2.75) is 114 Å². The number of fused-ring (bicyclic) bond motifs is 1. The van der Waals surface area contributed by atoms with E-state index in [2.05, 4.69) is 133 Å². The number of anilines is 1. The normalized spacial score (nSPS) is 12.8. The molecule has 56 heavy (non-hydrogen) atoms. The molecule has 0 radical (unpaired) electrons. The molecule has 306 valence electrons. The first-order chi connectivity index (χ1) is 26.8. The fraction of sp³-hybridized carbons (Fsp3) is 0.423. The molecule has 5 rings (SSSR count). The van der Waals surface area contributed by atoms with Gasteiger partial charge >= 0.3 is 0 Å². The molecule has 4 aromatic carbocycles. The van der Waals surface area contributed by atoms with Crippen molar-refractivity contribution < 1.29 is 4.39 Å². The predicted molar refractivity (Wildman–Crippen MR) is 250 cm³/mol. The van der Waals surface area contributed by atoms with Crippen LogP contribution in [-0.4, -0.2) is 31.1 Å². The number of aryl methyl sites for hydroxylation is 3. The molecule has 0 aliphatic carbocycles. The van der Waals surface area contributed by atoms with Gasteiger partial charge in [-0.2, -0.15) is 0 Å². The van der Waals surface area contributed by atoms with E-state index >= 15 is 0 Å². The van der Waals surface area contributed by atoms with Crippen LogP contribution in [0.3, 0.4) is 0 Å². The summed E-state index contributed by atoms with van der Waals surface area (Å²) < 4.78 is 13.6. The van der Waals surface area contributed by atoms with Crippen LogP contribution in [0.4, 0.5) is 10.1 Å². The third-order valence-corrected chi connectivity index (χ3v) is 9.94. The number of benzene rings is 4. The third kappa shape index (κ3) is 16.0. The van der Waals surface area contributed by atoms with Crippen molar-refractivity contribution >= 4 is 16.5 Å². The van der Waals surface area contributed by atoms with Crippen LogP contribution in [0, 0.1) is 25.1 Å². The fourth-order valence-corrected chi connectivity index (χ4v) is 6.63. The maximum Gasteiger partial charge on any atom is 0.128 e. The second-order valence-corrected chi connectivity index (χ2v) is 15.4. The Bertz CT molecular complexity index is 1760. The minimum absolute atomic E-state index is 0.159. The zero-order chi connectivity index (χ0) is 42.3. The first kappa shape index (κ1) is 49.6. The van der Waals surface area contributed by atoms with E-state index in [1.54, 1.807) is 25.1 Å². The summed E-state index contributed by atoms with van der Waals surface area (Å²) in [5, 5.41) is 2.75. The molecule has 0 spiro atoms. The lowest BCUT2D eigenvalue weighted by Crippen LogP contribution is -2.36. The summed E-state index contributed by atoms with van der Waals surface area (Å²) in [6, 6.07) is 24.3. The molecule has 1 fully saturated rings. The van der Waals surface area contributed by atoms with E-state index in [1.165, 1.54) is 82.7 Å². The molecule has 1 aliphatic heterocycles. The van der Waals surface area contributed by atoms with Crippen LogP contribution in [0.2, 0.25) is 0 Å². The Hall–Kier alpha value is -4.41. The van der Waals surface area contributed by atoms with E-state index in [-0.39, 0.29) is 5.82 Å². The third-order valence-electron chi connectivity index (χ3n) is 9.94. The number of rotatable bonds is 12. The van der Waals surface area contributed by atoms with Crippen LogP contribution >= 0.6 is 0 Å². The number of hydrogen-bond acceptors (Lipinski definition) is 3. The van der Waals surface area contributed by atoms with Gasteiger partial charge < -0.3 is 10.6 Å². The fourth-order valence-electron chi connectivity index (χ4n) is 6.63. The number of nitrogens with two attached hydrogens (primary N) is 1. The Morgan fingerprint density at radius 1 is 0.839 bits per heavy atom. The highest BCUT2D eigenvalue weighted by molar-refractivity contribution is 5.99. The number of halogens is 1. The minimum atomic E-state index is -0.159. The second-order valence-electron chi connectivity index (χ2n) is 15.4. The lowest BCUT2D eigenvalue weighted by molar-refractivity contribution is 0.127. The van der Waals surface area contributed by atoms with E-state index < -0.39 is 0 Å². The molecule has 2 N–H and O–H groups in total. The summed E-state index contributed by atoms with van der Waals surface area (Å²) in [6.07, 6.45) is 11.9. The van der Waals surface area contributed by atoms with Crippen molar-refractivity contribution in [3.8, 4) is 11.1 Å². The van der Waals surface area contributed by atoms with Gasteiger partial charge in [-0.15, -0.1) is 19.7 Å². The molecular weight excluding hydrogens is 686 g/mol. The molecule has 1 aliphatic rings. The molecule has 4 heteroatoms. The predicted octanol–water partition coefficient (Wildman–Crippen LogP) is 14.4. The summed E-state index contributed by atoms with van der Waals surface area (Å²) in [4.78, 5) is 4.65. The number of allylic oxidation sites excluding steroid dienone is 1. The molecule has 3 nitrogen and oxygen atoms in total. The summed E-state index contributed by atoms with van der Waals surface area (Å²) in [5.41, 5.74) is 16.0. The molecular formula is C52H76FN3. The van der Waals surface area contributed by atoms with Crippen molar-refractivity contribution in [1.29, 1.82) is 0 Å². The van der Waals surface area contributed by atoms with E-state index in [4.69, 9.17) is 0 Å². The zero-order valence-electron chi connectivity index (χ0n) is 37.0. The Balaban J connectivity index is 0.000000547. The maximum atomic E-state index is 13.6. The first-order valence-corrected chi connectivity index (χ1v) is 20.8. The smallest absolute Gasteiger partial charge is 0.128 e. The lowest BCUT2D eigenvalue weighted by atomic mass is 9.82. The Kier molecular flexibility index (Phi) is 23.4. The minimum Gasteiger partial charge on any atom is -0.405 e. The van der Waals surface area contributed by atoms with Crippen molar-refractivity contribution in [3.63, 3.8) is 0 Å². The molecule has 0 bridgehead atoms. The Labute approximate surface area is 342 Å². The van der Waals surface area contributed by atoms with Gasteiger partial charge in [-0.1, -0.05) is 134 Å². The molecule has 0 amide bonds. The highest BCUT2D eigenvalue weighted by atomic mass is 19.1. The SMILES string of the molecule is C=C(C)CCc1cccc2c(-c3ccc(CN4CCC(C)(C)CC4)cc3CC)cccc12.C=CCN(CC=C)c1cc(C)c(C)c(F)c1.C=CN.CC.CCC. The van der Waals surface area contributed by atoms with Crippen LogP contribution in [0.15, 0.2) is 117 Å². The van der Waals surface area contributed by atoms with Crippen LogP contribution in [0.1, 0.15) is 109 Å². The second kappa shape index (κ2) is 26.4. The van der Waals surface area contributed by atoms with Gasteiger partial charge in [0, 0.05) is 25.3 Å². The average Bonchev–Trinajstić information content (AvgIpc) is 3.18. The van der Waals surface area contributed by atoms with Gasteiger partial charge in [0.15, 0.2) is 0 Å². The number of piperidine rings is 1. The standard InChI is InChI=1S/C31H39N.C14H18FN.C3H8.C2H5N.C2H6/c1-6-25-21-24(22-32-19-17-31(4,5)18-20-32)14-16-28(25)30-12-8-10-27-26(15-13-23(2)3)9-7-11-29(27)30;1-5-7-16(8-6-2)13-9-11(3)12(4)14(15)10-13;1-3-2;1-2-3;1-2/h7-12,14,16,21H,2,6,13,15,17-20,22H2,1,3-5H3;5-6,9-10H,1-2,7-8H2,3-4H3;3H2,1-2H3;2H,1,3H2;1-2H3. The van der Waals surface area contributed by atoms with Gasteiger partial charge in [0.05, 0.1) is 0 Å². The molecule has 0 unspecified atom stereocenters. The lowest BCUT2D eigenvalue weighted by Gasteiger charge is -2.37. The van der Waals surface area contributed by atoms with Crippen LogP contribution < -0.4 is 10.6 Å². The molecule has 0 aromatic heterocycles. The van der Waals surface area contributed by atoms with Crippen LogP contribution in [-0.2, 0) is 19.4 Å². The molecule has 1 heterocycles. The van der Waals surface area contributed by atoms with Gasteiger partial charge in [0.1, 0.15) is 5.82 Å². The summed E-state index contributed by atoms with van der Waals surface area (Å²) in [6.45, 7) is 40.7. The van der Waals surface area contributed by atoms with Crippen molar-refractivity contribution in [3.05, 3.63) is 151 Å². The summed E-state index contributed by atoms with van der Waals surface area (Å²) in [7, 11) is 0. The van der Waals surface area contributed by atoms with Crippen LogP contribution in [0.25, 0.3) is 21.9 Å². The molecule has 1 saturated heterocycles. The molecule has 0 atom stereocenters. The van der Waals surface area contributed by atoms with Gasteiger partial charge in [-0.05, 0) is 139 Å². The van der Waals surface area contributed by atoms with Crippen LogP contribution in [0.5, 0.6) is 0 Å². The molecule has 0 saturated carbocycles. The summed E-state index contributed by atoms with van der Waals surface area (Å²) >= 11 is 0. The number of nitrogens with zero attached hydrogens (tertiary/aromatic N) is 2. The summed E-state index contributed by atoms with van der Waals surface area (Å²) in [5.74, 6) is -0.159. The quantitative estimate of drug-likeness (QED) is 0.146. The highest BCUT2D eigenvalue weighted by Gasteiger charge is 2.25. The topological polar surface area (TPSA) is 32.5 Å². The monoisotopic (exact) mass is 762 g/mol. The van der Waals surface area contributed by atoms with E-state index in [1.807, 2.05) is 31.7 Å². The van der Waals surface area contributed by atoms with Gasteiger partial charge in [0.25, 0.3) is 0 Å². The largest absolute Gasteiger partial charge is 0.405 e. The Morgan fingerprint density at radius 3 is 1.95 bits per heavy atom. The number of hydrogen-bond donors (Lipinski definition) is 1. The molecule has 4 aromatic rings. The van der Waals surface area contributed by atoms with Gasteiger partial charge in [-0.25, -0.2) is 4.39 Å². The van der Waals surface area contributed by atoms with E-state index in [0.29, 0.717) is 24.1 Å². The van der Waals surface area contributed by atoms with Gasteiger partial charge in [-0.3, -0.25) is 4.90 Å². The van der Waals surface area contributed by atoms with Gasteiger partial charge in [0.2, 0.25) is 0 Å². The maximum absolute atomic E-state index is 13.6. The average molecular weight is 762 g/mol. The van der Waals surface area contributed by atoms with Crippen molar-refractivity contribution in [1.82, 2.24) is 4.90 Å². The van der Waals surface area contributed by atoms with Crippen molar-refractivity contribution in [2.75, 3.05) is 31.1 Å². The van der Waals surface area contributed by atoms with E-state index in [0.717, 1.165) is 37.1 Å². The number of likely N-dealkylation sites (tertiary alicyclic amines) is 1. The van der Waals surface area contributed by atoms with E-state index in [9.17, 15) is 4.39 Å². The Morgan fingerprint density at radius 2 is 1.41 bits per heavy atom. The van der Waals surface area contributed by atoms with Crippen molar-refractivity contribution in [2.24, 2.45) is 11.1 Å². The zero-order valence-corrected chi connectivity index (χ0v) is 37.0.